The van der Waals surface area contributed by atoms with Crippen molar-refractivity contribution < 1.29 is 9.21 Å². The van der Waals surface area contributed by atoms with Crippen molar-refractivity contribution in [1.29, 1.82) is 0 Å². The molecule has 1 aliphatic rings. The predicted octanol–water partition coefficient (Wildman–Crippen LogP) is 2.71. The van der Waals surface area contributed by atoms with Gasteiger partial charge in [0.25, 0.3) is 5.91 Å². The van der Waals surface area contributed by atoms with E-state index in [1.807, 2.05) is 47.0 Å². The van der Waals surface area contributed by atoms with Crippen LogP contribution in [0.25, 0.3) is 4.96 Å². The van der Waals surface area contributed by atoms with Crippen LogP contribution in [0.3, 0.4) is 0 Å². The second-order valence-corrected chi connectivity index (χ2v) is 8.47. The number of aromatic nitrogens is 2. The monoisotopic (exact) mass is 401 g/mol. The molecule has 0 aromatic carbocycles. The van der Waals surface area contributed by atoms with Gasteiger partial charge in [0.15, 0.2) is 10.7 Å². The number of fused-ring (bicyclic) bond motifs is 1. The van der Waals surface area contributed by atoms with E-state index in [1.54, 1.807) is 11.3 Å². The summed E-state index contributed by atoms with van der Waals surface area (Å²) in [4.78, 5) is 25.2. The molecule has 0 N–H and O–H groups in total. The van der Waals surface area contributed by atoms with Gasteiger partial charge >= 0.3 is 0 Å². The lowest BCUT2D eigenvalue weighted by Gasteiger charge is -2.21. The Morgan fingerprint density at radius 2 is 2.11 bits per heavy atom. The average Bonchev–Trinajstić information content (AvgIpc) is 3.31. The highest BCUT2D eigenvalue weighted by Crippen LogP contribution is 2.22. The predicted molar refractivity (Wildman–Crippen MR) is 110 cm³/mol. The Balaban J connectivity index is 1.56. The molecule has 3 aromatic heterocycles. The lowest BCUT2D eigenvalue weighted by atomic mass is 10.2. The zero-order chi connectivity index (χ0) is 19.7. The minimum atomic E-state index is 0.0449. The van der Waals surface area contributed by atoms with E-state index in [9.17, 15) is 4.79 Å². The molecule has 3 aromatic rings. The topological polar surface area (TPSA) is 57.2 Å². The second kappa shape index (κ2) is 8.06. The highest BCUT2D eigenvalue weighted by atomic mass is 32.1. The fourth-order valence-electron chi connectivity index (χ4n) is 3.70. The molecule has 1 saturated heterocycles. The number of amides is 1. The number of likely N-dealkylation sites (N-methyl/N-ethyl adjacent to an activating group) is 1. The van der Waals surface area contributed by atoms with Crippen molar-refractivity contribution in [2.75, 3.05) is 40.3 Å². The van der Waals surface area contributed by atoms with Gasteiger partial charge in [-0.15, -0.1) is 11.3 Å². The van der Waals surface area contributed by atoms with Crippen LogP contribution in [0, 0.1) is 6.92 Å². The van der Waals surface area contributed by atoms with Crippen LogP contribution in [0.1, 0.15) is 34.1 Å². The van der Waals surface area contributed by atoms with Gasteiger partial charge in [0.1, 0.15) is 11.5 Å². The molecular weight excluding hydrogens is 374 g/mol. The second-order valence-electron chi connectivity index (χ2n) is 7.60. The molecule has 0 radical (unpaired) electrons. The Morgan fingerprint density at radius 1 is 1.25 bits per heavy atom. The maximum absolute atomic E-state index is 13.3. The van der Waals surface area contributed by atoms with Gasteiger partial charge in [0, 0.05) is 37.8 Å². The van der Waals surface area contributed by atoms with E-state index in [-0.39, 0.29) is 5.91 Å². The molecule has 1 aliphatic heterocycles. The summed E-state index contributed by atoms with van der Waals surface area (Å²) in [5.41, 5.74) is 1.53. The summed E-state index contributed by atoms with van der Waals surface area (Å²) in [6, 6.07) is 3.98. The first kappa shape index (κ1) is 19.2. The molecule has 0 spiro atoms. The number of carbonyl (C=O) groups is 1. The van der Waals surface area contributed by atoms with E-state index >= 15 is 0 Å². The van der Waals surface area contributed by atoms with Crippen LogP contribution in [0.5, 0.6) is 0 Å². The Hall–Kier alpha value is -2.16. The number of imidazole rings is 1. The van der Waals surface area contributed by atoms with E-state index in [4.69, 9.17) is 4.42 Å². The van der Waals surface area contributed by atoms with E-state index in [2.05, 4.69) is 21.8 Å². The normalized spacial score (nSPS) is 16.2. The van der Waals surface area contributed by atoms with E-state index < -0.39 is 0 Å². The Kier molecular flexibility index (Phi) is 5.52. The molecule has 8 heteroatoms. The minimum absolute atomic E-state index is 0.0449. The van der Waals surface area contributed by atoms with E-state index in [0.29, 0.717) is 18.8 Å². The summed E-state index contributed by atoms with van der Waals surface area (Å²) >= 11 is 1.56. The highest BCUT2D eigenvalue weighted by molar-refractivity contribution is 7.15. The molecule has 7 nitrogen and oxygen atoms in total. The minimum Gasteiger partial charge on any atom is -0.465 e. The van der Waals surface area contributed by atoms with Gasteiger partial charge < -0.3 is 14.2 Å². The number of aryl methyl sites for hydroxylation is 1. The highest BCUT2D eigenvalue weighted by Gasteiger charge is 2.26. The van der Waals surface area contributed by atoms with Crippen molar-refractivity contribution in [2.24, 2.45) is 0 Å². The van der Waals surface area contributed by atoms with Crippen LogP contribution < -0.4 is 0 Å². The summed E-state index contributed by atoms with van der Waals surface area (Å²) < 4.78 is 7.75. The Morgan fingerprint density at radius 3 is 2.89 bits per heavy atom. The summed E-state index contributed by atoms with van der Waals surface area (Å²) in [7, 11) is 4.15. The molecule has 0 atom stereocenters. The molecule has 1 fully saturated rings. The third kappa shape index (κ3) is 3.99. The molecule has 0 bridgehead atoms. The molecule has 150 valence electrons. The van der Waals surface area contributed by atoms with Crippen molar-refractivity contribution in [3.63, 3.8) is 0 Å². The summed E-state index contributed by atoms with van der Waals surface area (Å²) in [5.74, 6) is 1.88. The Labute approximate surface area is 169 Å². The molecule has 0 unspecified atom stereocenters. The quantitative estimate of drug-likeness (QED) is 0.658. The van der Waals surface area contributed by atoms with Crippen molar-refractivity contribution in [3.05, 3.63) is 46.6 Å². The first-order chi connectivity index (χ1) is 13.5. The van der Waals surface area contributed by atoms with Crippen LogP contribution in [-0.2, 0) is 13.1 Å². The van der Waals surface area contributed by atoms with Gasteiger partial charge in [-0.3, -0.25) is 14.1 Å². The van der Waals surface area contributed by atoms with Gasteiger partial charge in [-0.05, 0) is 46.1 Å². The smallest absolute Gasteiger partial charge is 0.274 e. The fraction of sp³-hybridized carbons (Fsp3) is 0.500. The number of carbonyl (C=O) groups excluding carboxylic acids is 1. The van der Waals surface area contributed by atoms with Crippen molar-refractivity contribution >= 4 is 22.2 Å². The Bertz CT molecular complexity index is 959. The molecule has 4 heterocycles. The first-order valence-electron chi connectivity index (χ1n) is 9.67. The number of furan rings is 1. The number of nitrogens with zero attached hydrogens (tertiary/aromatic N) is 5. The van der Waals surface area contributed by atoms with Crippen LogP contribution in [0.15, 0.2) is 28.1 Å². The standard InChI is InChI=1S/C20H27N5O2S/c1-15-5-6-16(27-15)13-23(3)14-17-18(21-20-25(17)11-12-28-20)19(26)24-8-4-7-22(2)9-10-24/h5-6,11-12H,4,7-10,13-14H2,1-3H3. The number of thiazole rings is 1. The molecular formula is C20H27N5O2S. The maximum atomic E-state index is 13.3. The first-order valence-corrected chi connectivity index (χ1v) is 10.6. The molecule has 1 amide bonds. The van der Waals surface area contributed by atoms with E-state index in [1.165, 1.54) is 0 Å². The fourth-order valence-corrected chi connectivity index (χ4v) is 4.43. The van der Waals surface area contributed by atoms with Gasteiger partial charge in [-0.25, -0.2) is 4.98 Å². The zero-order valence-electron chi connectivity index (χ0n) is 16.7. The van der Waals surface area contributed by atoms with Gasteiger partial charge in [-0.1, -0.05) is 0 Å². The SMILES string of the molecule is Cc1ccc(CN(C)Cc2c(C(=O)N3CCCN(C)CC3)nc3sccn23)o1. The number of rotatable bonds is 5. The molecule has 0 saturated carbocycles. The number of hydrogen-bond donors (Lipinski definition) is 0. The summed E-state index contributed by atoms with van der Waals surface area (Å²) in [5, 5.41) is 2.01. The van der Waals surface area contributed by atoms with Crippen LogP contribution in [-0.4, -0.2) is 70.3 Å². The average molecular weight is 402 g/mol. The molecule has 4 rings (SSSR count). The van der Waals surface area contributed by atoms with Gasteiger partial charge in [-0.2, -0.15) is 0 Å². The summed E-state index contributed by atoms with van der Waals surface area (Å²) in [6.45, 7) is 6.74. The lowest BCUT2D eigenvalue weighted by Crippen LogP contribution is -2.35. The van der Waals surface area contributed by atoms with Crippen LogP contribution in [0.2, 0.25) is 0 Å². The zero-order valence-corrected chi connectivity index (χ0v) is 17.5. The number of hydrogen-bond acceptors (Lipinski definition) is 6. The van der Waals surface area contributed by atoms with Crippen LogP contribution >= 0.6 is 11.3 Å². The third-order valence-electron chi connectivity index (χ3n) is 5.21. The lowest BCUT2D eigenvalue weighted by molar-refractivity contribution is 0.0755. The summed E-state index contributed by atoms with van der Waals surface area (Å²) in [6.07, 6.45) is 3.00. The third-order valence-corrected chi connectivity index (χ3v) is 5.97. The van der Waals surface area contributed by atoms with Gasteiger partial charge in [0.05, 0.1) is 12.2 Å². The van der Waals surface area contributed by atoms with E-state index in [0.717, 1.165) is 54.8 Å². The van der Waals surface area contributed by atoms with Crippen LogP contribution in [0.4, 0.5) is 0 Å². The van der Waals surface area contributed by atoms with Gasteiger partial charge in [0.2, 0.25) is 0 Å². The maximum Gasteiger partial charge on any atom is 0.274 e. The molecule has 0 aliphatic carbocycles. The largest absolute Gasteiger partial charge is 0.465 e. The van der Waals surface area contributed by atoms with Crippen molar-refractivity contribution in [2.45, 2.75) is 26.4 Å². The molecule has 28 heavy (non-hydrogen) atoms. The van der Waals surface area contributed by atoms with Crippen molar-refractivity contribution in [1.82, 2.24) is 24.1 Å². The van der Waals surface area contributed by atoms with Crippen molar-refractivity contribution in [3.8, 4) is 0 Å².